The molecule has 3 N–H and O–H groups in total. The number of nitrogens with one attached hydrogen (secondary N) is 3. The van der Waals surface area contributed by atoms with E-state index >= 15 is 0 Å². The fourth-order valence-corrected chi connectivity index (χ4v) is 5.47. The van der Waals surface area contributed by atoms with Crippen molar-refractivity contribution in [1.29, 1.82) is 0 Å². The van der Waals surface area contributed by atoms with Crippen LogP contribution in [0.4, 0.5) is 16.5 Å². The molecule has 0 bridgehead atoms. The number of halogens is 1. The van der Waals surface area contributed by atoms with Gasteiger partial charge in [-0.05, 0) is 60.7 Å². The van der Waals surface area contributed by atoms with Gasteiger partial charge in [0.1, 0.15) is 17.2 Å². The Hall–Kier alpha value is -4.00. The zero-order chi connectivity index (χ0) is 28.0. The molecule has 0 fully saturated rings. The second-order valence-corrected chi connectivity index (χ2v) is 10.9. The van der Waals surface area contributed by atoms with Gasteiger partial charge in [-0.3, -0.25) is 9.52 Å². The second-order valence-electron chi connectivity index (χ2n) is 7.97. The van der Waals surface area contributed by atoms with Crippen LogP contribution in [-0.2, 0) is 14.8 Å². The number of benzene rings is 3. The standard InChI is InChI=1S/C26H25ClN4O6S2/c1-28-26-30-22(15-38-26)16-4-10-24(36-3)21(12-16)29-25(32)14-37-18-6-8-19(9-7-18)39(33,34)31-17-5-11-23(35-2)20(27)13-17/h4-13,15,31H,14H2,1-3H3,(H,28,30)(H,29,32). The van der Waals surface area contributed by atoms with E-state index < -0.39 is 15.9 Å². The fraction of sp³-hybridized carbons (Fsp3) is 0.154. The first-order valence-electron chi connectivity index (χ1n) is 11.4. The molecule has 204 valence electrons. The topological polar surface area (TPSA) is 128 Å². The second kappa shape index (κ2) is 12.2. The molecule has 13 heteroatoms. The average molecular weight is 589 g/mol. The van der Waals surface area contributed by atoms with Crippen molar-refractivity contribution in [3.05, 3.63) is 71.1 Å². The maximum Gasteiger partial charge on any atom is 0.262 e. The Morgan fingerprint density at radius 2 is 1.72 bits per heavy atom. The number of hydrogen-bond donors (Lipinski definition) is 3. The number of hydrogen-bond acceptors (Lipinski definition) is 9. The Morgan fingerprint density at radius 1 is 1.00 bits per heavy atom. The van der Waals surface area contributed by atoms with Crippen LogP contribution in [0, 0.1) is 0 Å². The van der Waals surface area contributed by atoms with Gasteiger partial charge in [0, 0.05) is 18.0 Å². The van der Waals surface area contributed by atoms with E-state index in [4.69, 9.17) is 25.8 Å². The van der Waals surface area contributed by atoms with E-state index in [2.05, 4.69) is 20.3 Å². The molecule has 4 aromatic rings. The molecule has 0 saturated carbocycles. The van der Waals surface area contributed by atoms with E-state index in [-0.39, 0.29) is 22.2 Å². The number of amides is 1. The van der Waals surface area contributed by atoms with Crippen LogP contribution in [0.3, 0.4) is 0 Å². The Balaban J connectivity index is 1.38. The molecule has 0 aliphatic rings. The first-order chi connectivity index (χ1) is 18.7. The monoisotopic (exact) mass is 588 g/mol. The first kappa shape index (κ1) is 28.0. The van der Waals surface area contributed by atoms with E-state index in [1.54, 1.807) is 31.3 Å². The van der Waals surface area contributed by atoms with Crippen LogP contribution < -0.4 is 29.6 Å². The number of anilines is 3. The number of carbonyl (C=O) groups is 1. The van der Waals surface area contributed by atoms with Crippen LogP contribution in [0.2, 0.25) is 5.02 Å². The maximum atomic E-state index is 12.7. The number of carbonyl (C=O) groups excluding carboxylic acids is 1. The summed E-state index contributed by atoms with van der Waals surface area (Å²) in [5, 5.41) is 8.74. The van der Waals surface area contributed by atoms with Gasteiger partial charge in [-0.15, -0.1) is 11.3 Å². The van der Waals surface area contributed by atoms with Crippen molar-refractivity contribution in [1.82, 2.24) is 4.98 Å². The molecule has 0 atom stereocenters. The molecule has 3 aromatic carbocycles. The average Bonchev–Trinajstić information content (AvgIpc) is 3.41. The quantitative estimate of drug-likeness (QED) is 0.214. The highest BCUT2D eigenvalue weighted by Gasteiger charge is 2.16. The third kappa shape index (κ3) is 6.91. The minimum Gasteiger partial charge on any atom is -0.495 e. The maximum absolute atomic E-state index is 12.7. The van der Waals surface area contributed by atoms with Gasteiger partial charge in [0.15, 0.2) is 11.7 Å². The van der Waals surface area contributed by atoms with Crippen molar-refractivity contribution in [2.24, 2.45) is 0 Å². The number of ether oxygens (including phenoxy) is 3. The van der Waals surface area contributed by atoms with Crippen molar-refractivity contribution in [2.45, 2.75) is 4.90 Å². The summed E-state index contributed by atoms with van der Waals surface area (Å²) in [5.74, 6) is 0.809. The molecule has 4 rings (SSSR count). The fourth-order valence-electron chi connectivity index (χ4n) is 3.48. The molecule has 0 saturated heterocycles. The molecule has 39 heavy (non-hydrogen) atoms. The van der Waals surface area contributed by atoms with Crippen LogP contribution in [0.5, 0.6) is 17.2 Å². The van der Waals surface area contributed by atoms with E-state index in [0.29, 0.717) is 22.9 Å². The predicted molar refractivity (Wildman–Crippen MR) is 153 cm³/mol. The van der Waals surface area contributed by atoms with Gasteiger partial charge in [0.2, 0.25) is 0 Å². The van der Waals surface area contributed by atoms with Gasteiger partial charge in [0.25, 0.3) is 15.9 Å². The number of aromatic nitrogens is 1. The highest BCUT2D eigenvalue weighted by atomic mass is 35.5. The molecule has 0 spiro atoms. The summed E-state index contributed by atoms with van der Waals surface area (Å²) < 4.78 is 44.0. The molecule has 0 unspecified atom stereocenters. The minimum atomic E-state index is -3.88. The summed E-state index contributed by atoms with van der Waals surface area (Å²) in [6.07, 6.45) is 0. The summed E-state index contributed by atoms with van der Waals surface area (Å²) in [7, 11) is 0.896. The SMILES string of the molecule is CNc1nc(-c2ccc(OC)c(NC(=O)COc3ccc(S(=O)(=O)Nc4ccc(OC)c(Cl)c4)cc3)c2)cs1. The third-order valence-electron chi connectivity index (χ3n) is 5.40. The van der Waals surface area contributed by atoms with Crippen LogP contribution in [0.15, 0.2) is 70.9 Å². The predicted octanol–water partition coefficient (Wildman–Crippen LogP) is 5.34. The van der Waals surface area contributed by atoms with E-state index in [0.717, 1.165) is 16.4 Å². The van der Waals surface area contributed by atoms with Gasteiger partial charge >= 0.3 is 0 Å². The van der Waals surface area contributed by atoms with Crippen LogP contribution in [0.1, 0.15) is 0 Å². The number of nitrogens with zero attached hydrogens (tertiary/aromatic N) is 1. The van der Waals surface area contributed by atoms with Crippen molar-refractivity contribution in [3.63, 3.8) is 0 Å². The smallest absolute Gasteiger partial charge is 0.262 e. The van der Waals surface area contributed by atoms with E-state index in [1.165, 1.54) is 55.9 Å². The Labute approximate surface area is 235 Å². The van der Waals surface area contributed by atoms with Gasteiger partial charge in [-0.2, -0.15) is 0 Å². The molecule has 0 aliphatic heterocycles. The third-order valence-corrected chi connectivity index (χ3v) is 7.95. The summed E-state index contributed by atoms with van der Waals surface area (Å²) in [6.45, 7) is -0.303. The summed E-state index contributed by atoms with van der Waals surface area (Å²) in [4.78, 5) is 17.1. The first-order valence-corrected chi connectivity index (χ1v) is 14.2. The number of thiazole rings is 1. The molecule has 0 aliphatic carbocycles. The molecule has 1 heterocycles. The zero-order valence-electron chi connectivity index (χ0n) is 21.1. The van der Waals surface area contributed by atoms with Gasteiger partial charge in [0.05, 0.1) is 41.2 Å². The van der Waals surface area contributed by atoms with E-state index in [9.17, 15) is 13.2 Å². The summed E-state index contributed by atoms with van der Waals surface area (Å²) in [5.41, 5.74) is 2.33. The molecule has 1 amide bonds. The molecule has 10 nitrogen and oxygen atoms in total. The highest BCUT2D eigenvalue weighted by molar-refractivity contribution is 7.92. The lowest BCUT2D eigenvalue weighted by molar-refractivity contribution is -0.118. The molecule has 1 aromatic heterocycles. The largest absolute Gasteiger partial charge is 0.495 e. The normalized spacial score (nSPS) is 11.0. The lowest BCUT2D eigenvalue weighted by Gasteiger charge is -2.13. The Morgan fingerprint density at radius 3 is 2.36 bits per heavy atom. The Bertz CT molecular complexity index is 1580. The van der Waals surface area contributed by atoms with Gasteiger partial charge < -0.3 is 24.8 Å². The van der Waals surface area contributed by atoms with Gasteiger partial charge in [-0.1, -0.05) is 11.6 Å². The Kier molecular flexibility index (Phi) is 8.79. The van der Waals surface area contributed by atoms with Crippen LogP contribution in [0.25, 0.3) is 11.3 Å². The summed E-state index contributed by atoms with van der Waals surface area (Å²) >= 11 is 7.55. The number of sulfonamides is 1. The molecular formula is C26H25ClN4O6S2. The number of methoxy groups -OCH3 is 2. The lowest BCUT2D eigenvalue weighted by atomic mass is 10.1. The van der Waals surface area contributed by atoms with Crippen LogP contribution in [-0.4, -0.2) is 47.2 Å². The zero-order valence-corrected chi connectivity index (χ0v) is 23.5. The van der Waals surface area contributed by atoms with Crippen molar-refractivity contribution in [2.75, 3.05) is 43.2 Å². The van der Waals surface area contributed by atoms with Crippen molar-refractivity contribution in [3.8, 4) is 28.5 Å². The van der Waals surface area contributed by atoms with E-state index in [1.807, 2.05) is 11.4 Å². The van der Waals surface area contributed by atoms with Crippen molar-refractivity contribution >= 4 is 55.4 Å². The molecular weight excluding hydrogens is 564 g/mol. The molecule has 0 radical (unpaired) electrons. The lowest BCUT2D eigenvalue weighted by Crippen LogP contribution is -2.20. The van der Waals surface area contributed by atoms with Crippen LogP contribution >= 0.6 is 22.9 Å². The minimum absolute atomic E-state index is 0.0104. The van der Waals surface area contributed by atoms with Gasteiger partial charge in [-0.25, -0.2) is 13.4 Å². The van der Waals surface area contributed by atoms with Crippen molar-refractivity contribution < 1.29 is 27.4 Å². The highest BCUT2D eigenvalue weighted by Crippen LogP contribution is 2.32. The summed E-state index contributed by atoms with van der Waals surface area (Å²) in [6, 6.07) is 15.6. The number of rotatable bonds is 11.